The van der Waals surface area contributed by atoms with Crippen LogP contribution in [0.25, 0.3) is 17.0 Å². The predicted octanol–water partition coefficient (Wildman–Crippen LogP) is 2.04. The molecule has 0 unspecified atom stereocenters. The number of aldehydes is 1. The second-order valence-corrected chi connectivity index (χ2v) is 4.07. The summed E-state index contributed by atoms with van der Waals surface area (Å²) in [6, 6.07) is 5.37. The van der Waals surface area contributed by atoms with E-state index in [0.29, 0.717) is 12.1 Å². The molecule has 0 bridgehead atoms. The molecule has 1 aliphatic rings. The second-order valence-electron chi connectivity index (χ2n) is 4.07. The molecule has 0 fully saturated rings. The number of hydrogen-bond acceptors (Lipinski definition) is 3. The molecule has 0 aliphatic carbocycles. The summed E-state index contributed by atoms with van der Waals surface area (Å²) in [5.41, 5.74) is 3.07. The topological polar surface area (TPSA) is 50.3 Å². The Bertz CT molecular complexity index is 677. The van der Waals surface area contributed by atoms with Gasteiger partial charge >= 0.3 is 0 Å². The molecule has 18 heavy (non-hydrogen) atoms. The van der Waals surface area contributed by atoms with Crippen LogP contribution < -0.4 is 4.90 Å². The molecular formula is C14H10N2O2. The van der Waals surface area contributed by atoms with Gasteiger partial charge in [-0.25, -0.2) is 0 Å². The van der Waals surface area contributed by atoms with Gasteiger partial charge in [0.2, 0.25) is 6.41 Å². The van der Waals surface area contributed by atoms with Gasteiger partial charge < -0.3 is 4.90 Å². The van der Waals surface area contributed by atoms with Crippen molar-refractivity contribution in [1.82, 2.24) is 4.98 Å². The highest BCUT2D eigenvalue weighted by Gasteiger charge is 2.16. The highest BCUT2D eigenvalue weighted by Crippen LogP contribution is 2.31. The third kappa shape index (κ3) is 1.43. The number of hydrogen-bond donors (Lipinski definition) is 0. The number of carbonyl (C=O) groups excluding carboxylic acids is 2. The minimum Gasteiger partial charge on any atom is -0.310 e. The number of aromatic nitrogens is 1. The molecule has 2 heterocycles. The molecule has 1 aromatic carbocycles. The Hall–Kier alpha value is -2.49. The number of nitrogens with zero attached hydrogens (tertiary/aromatic N) is 2. The average molecular weight is 238 g/mol. The first kappa shape index (κ1) is 10.7. The van der Waals surface area contributed by atoms with Crippen LogP contribution in [-0.2, 0) is 4.79 Å². The molecular weight excluding hydrogens is 228 g/mol. The van der Waals surface area contributed by atoms with Gasteiger partial charge in [-0.2, -0.15) is 0 Å². The highest BCUT2D eigenvalue weighted by molar-refractivity contribution is 6.03. The third-order valence-corrected chi connectivity index (χ3v) is 3.11. The Kier molecular flexibility index (Phi) is 2.41. The number of amides is 1. The van der Waals surface area contributed by atoms with E-state index in [1.165, 1.54) is 0 Å². The van der Waals surface area contributed by atoms with E-state index in [4.69, 9.17) is 0 Å². The Labute approximate surface area is 104 Å². The van der Waals surface area contributed by atoms with Crippen LogP contribution in [0.4, 0.5) is 5.69 Å². The Morgan fingerprint density at radius 3 is 2.89 bits per heavy atom. The van der Waals surface area contributed by atoms with E-state index < -0.39 is 0 Å². The average Bonchev–Trinajstić information content (AvgIpc) is 2.45. The lowest BCUT2D eigenvalue weighted by Gasteiger charge is -2.22. The van der Waals surface area contributed by atoms with Crippen LogP contribution in [0.5, 0.6) is 0 Å². The minimum atomic E-state index is 0.565. The molecule has 3 rings (SSSR count). The smallest absolute Gasteiger partial charge is 0.214 e. The molecule has 2 aromatic rings. The zero-order valence-electron chi connectivity index (χ0n) is 9.54. The summed E-state index contributed by atoms with van der Waals surface area (Å²) in [5.74, 6) is 0. The summed E-state index contributed by atoms with van der Waals surface area (Å²) >= 11 is 0. The summed E-state index contributed by atoms with van der Waals surface area (Å²) in [7, 11) is 0. The summed E-state index contributed by atoms with van der Waals surface area (Å²) in [5, 5.41) is 0.809. The first-order valence-corrected chi connectivity index (χ1v) is 5.60. The van der Waals surface area contributed by atoms with Crippen LogP contribution in [-0.4, -0.2) is 24.2 Å². The van der Waals surface area contributed by atoms with Crippen molar-refractivity contribution >= 4 is 35.4 Å². The normalized spacial score (nSPS) is 13.4. The molecule has 0 saturated carbocycles. The van der Waals surface area contributed by atoms with E-state index in [1.807, 2.05) is 24.3 Å². The van der Waals surface area contributed by atoms with Gasteiger partial charge in [0.25, 0.3) is 0 Å². The van der Waals surface area contributed by atoms with Gasteiger partial charge in [0.15, 0.2) is 6.29 Å². The number of carbonyl (C=O) groups is 2. The SMILES string of the molecule is O=Cc1ccnc2c3c(ccc12)N(C=O)CC=C3. The number of anilines is 1. The zero-order chi connectivity index (χ0) is 12.5. The van der Waals surface area contributed by atoms with Crippen LogP contribution in [0.2, 0.25) is 0 Å². The van der Waals surface area contributed by atoms with Gasteiger partial charge in [-0.05, 0) is 18.2 Å². The quantitative estimate of drug-likeness (QED) is 0.752. The predicted molar refractivity (Wildman–Crippen MR) is 69.6 cm³/mol. The summed E-state index contributed by atoms with van der Waals surface area (Å²) in [4.78, 5) is 27.9. The van der Waals surface area contributed by atoms with Gasteiger partial charge in [-0.3, -0.25) is 14.6 Å². The van der Waals surface area contributed by atoms with E-state index in [1.54, 1.807) is 17.2 Å². The highest BCUT2D eigenvalue weighted by atomic mass is 16.1. The van der Waals surface area contributed by atoms with Crippen molar-refractivity contribution in [1.29, 1.82) is 0 Å². The van der Waals surface area contributed by atoms with Gasteiger partial charge in [-0.1, -0.05) is 12.2 Å². The van der Waals surface area contributed by atoms with Gasteiger partial charge in [0.1, 0.15) is 0 Å². The largest absolute Gasteiger partial charge is 0.310 e. The lowest BCUT2D eigenvalue weighted by molar-refractivity contribution is -0.107. The molecule has 1 amide bonds. The Morgan fingerprint density at radius 2 is 2.11 bits per heavy atom. The molecule has 0 spiro atoms. The van der Waals surface area contributed by atoms with E-state index in [2.05, 4.69) is 4.98 Å². The first-order valence-electron chi connectivity index (χ1n) is 5.60. The maximum absolute atomic E-state index is 11.0. The molecule has 0 saturated heterocycles. The zero-order valence-corrected chi connectivity index (χ0v) is 9.54. The van der Waals surface area contributed by atoms with E-state index in [9.17, 15) is 9.59 Å². The van der Waals surface area contributed by atoms with E-state index in [0.717, 1.165) is 34.9 Å². The van der Waals surface area contributed by atoms with Crippen LogP contribution in [0.3, 0.4) is 0 Å². The Morgan fingerprint density at radius 1 is 1.22 bits per heavy atom. The van der Waals surface area contributed by atoms with Crippen molar-refractivity contribution in [3.63, 3.8) is 0 Å². The van der Waals surface area contributed by atoms with Crippen molar-refractivity contribution in [3.8, 4) is 0 Å². The lowest BCUT2D eigenvalue weighted by atomic mass is 10.0. The molecule has 1 aliphatic heterocycles. The second kappa shape index (κ2) is 4.07. The number of benzene rings is 1. The van der Waals surface area contributed by atoms with E-state index in [-0.39, 0.29) is 0 Å². The first-order chi connectivity index (χ1) is 8.85. The molecule has 1 aromatic heterocycles. The van der Waals surface area contributed by atoms with Gasteiger partial charge in [0, 0.05) is 29.3 Å². The Balaban J connectivity index is 2.37. The molecule has 0 radical (unpaired) electrons. The van der Waals surface area contributed by atoms with Crippen molar-refractivity contribution in [2.75, 3.05) is 11.4 Å². The molecule has 4 heteroatoms. The standard InChI is InChI=1S/C14H10N2O2/c17-8-10-5-6-15-14-11(10)3-4-13-12(14)2-1-7-16(13)9-18/h1-6,8-9H,7H2. The third-order valence-electron chi connectivity index (χ3n) is 3.11. The molecule has 88 valence electrons. The number of fused-ring (bicyclic) bond motifs is 3. The summed E-state index contributed by atoms with van der Waals surface area (Å²) in [6.45, 7) is 0.565. The lowest BCUT2D eigenvalue weighted by Crippen LogP contribution is -2.24. The van der Waals surface area contributed by atoms with Crippen LogP contribution in [0.1, 0.15) is 15.9 Å². The van der Waals surface area contributed by atoms with Gasteiger partial charge in [0.05, 0.1) is 11.2 Å². The number of rotatable bonds is 2. The molecule has 4 nitrogen and oxygen atoms in total. The fraction of sp³-hybridized carbons (Fsp3) is 0.0714. The van der Waals surface area contributed by atoms with Crippen molar-refractivity contribution in [2.24, 2.45) is 0 Å². The fourth-order valence-electron chi connectivity index (χ4n) is 2.25. The van der Waals surface area contributed by atoms with Crippen molar-refractivity contribution in [3.05, 3.63) is 41.6 Å². The van der Waals surface area contributed by atoms with Crippen LogP contribution in [0, 0.1) is 0 Å². The van der Waals surface area contributed by atoms with Crippen LogP contribution >= 0.6 is 0 Å². The molecule has 0 atom stereocenters. The maximum Gasteiger partial charge on any atom is 0.214 e. The molecule has 0 N–H and O–H groups in total. The van der Waals surface area contributed by atoms with Crippen LogP contribution in [0.15, 0.2) is 30.5 Å². The fourth-order valence-corrected chi connectivity index (χ4v) is 2.25. The monoisotopic (exact) mass is 238 g/mol. The maximum atomic E-state index is 11.0. The summed E-state index contributed by atoms with van der Waals surface area (Å²) in [6.07, 6.45) is 7.09. The minimum absolute atomic E-state index is 0.565. The van der Waals surface area contributed by atoms with Crippen molar-refractivity contribution < 1.29 is 9.59 Å². The van der Waals surface area contributed by atoms with E-state index >= 15 is 0 Å². The van der Waals surface area contributed by atoms with Crippen molar-refractivity contribution in [2.45, 2.75) is 0 Å². The van der Waals surface area contributed by atoms with Gasteiger partial charge in [-0.15, -0.1) is 0 Å². The number of pyridine rings is 1. The summed E-state index contributed by atoms with van der Waals surface area (Å²) < 4.78 is 0.